The van der Waals surface area contributed by atoms with E-state index in [0.29, 0.717) is 13.1 Å². The topological polar surface area (TPSA) is 26.3 Å². The van der Waals surface area contributed by atoms with E-state index >= 15 is 0 Å². The minimum absolute atomic E-state index is 0.415. The minimum atomic E-state index is 0.415. The van der Waals surface area contributed by atoms with Crippen molar-refractivity contribution in [3.63, 3.8) is 0 Å². The average molecular weight is 184 g/mol. The van der Waals surface area contributed by atoms with Gasteiger partial charge in [-0.05, 0) is 12.8 Å². The molecule has 0 aromatic heterocycles. The monoisotopic (exact) mass is 184 g/mol. The van der Waals surface area contributed by atoms with Gasteiger partial charge in [0.1, 0.15) is 6.61 Å². The average Bonchev–Trinajstić information content (AvgIpc) is 2.16. The summed E-state index contributed by atoms with van der Waals surface area (Å²) in [6.07, 6.45) is 11.6. The molecule has 0 aromatic rings. The molecular weight excluding hydrogens is 164 g/mol. The molecule has 0 spiro atoms. The number of ether oxygens (including phenoxy) is 1. The smallest absolute Gasteiger partial charge is 0.293 e. The Labute approximate surface area is 81.0 Å². The summed E-state index contributed by atoms with van der Waals surface area (Å²) >= 11 is 0. The van der Waals surface area contributed by atoms with E-state index in [0.717, 1.165) is 6.42 Å². The van der Waals surface area contributed by atoms with E-state index in [4.69, 9.17) is 0 Å². The van der Waals surface area contributed by atoms with Gasteiger partial charge in [-0.3, -0.25) is 4.79 Å². The van der Waals surface area contributed by atoms with Gasteiger partial charge < -0.3 is 4.74 Å². The minimum Gasteiger partial charge on any atom is -0.464 e. The fourth-order valence-corrected chi connectivity index (χ4v) is 1.15. The Balaban J connectivity index is 2.97. The molecule has 0 N–H and O–H groups in total. The summed E-state index contributed by atoms with van der Waals surface area (Å²) in [5, 5.41) is 0. The van der Waals surface area contributed by atoms with E-state index in [1.54, 1.807) is 0 Å². The summed E-state index contributed by atoms with van der Waals surface area (Å²) in [5.41, 5.74) is 0. The van der Waals surface area contributed by atoms with Crippen LogP contribution in [0.5, 0.6) is 0 Å². The molecule has 0 fully saturated rings. The van der Waals surface area contributed by atoms with Crippen LogP contribution in [0.15, 0.2) is 12.2 Å². The molecule has 0 aliphatic rings. The molecule has 0 heterocycles. The summed E-state index contributed by atoms with van der Waals surface area (Å²) in [7, 11) is 0. The molecule has 0 aliphatic heterocycles. The van der Waals surface area contributed by atoms with Crippen LogP contribution >= 0.6 is 0 Å². The number of unbranched alkanes of at least 4 members (excludes halogenated alkanes) is 5. The van der Waals surface area contributed by atoms with Crippen molar-refractivity contribution in [2.75, 3.05) is 6.61 Å². The Morgan fingerprint density at radius 1 is 1.08 bits per heavy atom. The van der Waals surface area contributed by atoms with Crippen LogP contribution in [-0.4, -0.2) is 13.1 Å². The van der Waals surface area contributed by atoms with Crippen LogP contribution in [-0.2, 0) is 9.53 Å². The molecule has 2 nitrogen and oxygen atoms in total. The first-order valence-electron chi connectivity index (χ1n) is 5.12. The summed E-state index contributed by atoms with van der Waals surface area (Å²) in [5.74, 6) is 0. The highest BCUT2D eigenvalue weighted by molar-refractivity contribution is 5.37. The predicted octanol–water partition coefficient (Wildman–Crippen LogP) is 3.08. The maximum absolute atomic E-state index is 9.76. The van der Waals surface area contributed by atoms with Crippen LogP contribution in [0, 0.1) is 0 Å². The molecule has 0 atom stereocenters. The molecular formula is C11H20O2. The molecule has 0 bridgehead atoms. The molecule has 0 saturated heterocycles. The molecule has 0 radical (unpaired) electrons. The lowest BCUT2D eigenvalue weighted by Gasteiger charge is -1.95. The zero-order valence-corrected chi connectivity index (χ0v) is 8.50. The van der Waals surface area contributed by atoms with Gasteiger partial charge in [0.15, 0.2) is 0 Å². The molecule has 0 amide bonds. The van der Waals surface area contributed by atoms with E-state index in [2.05, 4.69) is 17.7 Å². The summed E-state index contributed by atoms with van der Waals surface area (Å²) < 4.78 is 4.51. The SMILES string of the molecule is CCCCCCC/C=C/COC=O. The quantitative estimate of drug-likeness (QED) is 0.313. The molecule has 76 valence electrons. The first-order chi connectivity index (χ1) is 6.41. The lowest BCUT2D eigenvalue weighted by molar-refractivity contribution is -0.127. The highest BCUT2D eigenvalue weighted by Crippen LogP contribution is 2.04. The van der Waals surface area contributed by atoms with Crippen LogP contribution in [0.3, 0.4) is 0 Å². The third-order valence-electron chi connectivity index (χ3n) is 1.90. The van der Waals surface area contributed by atoms with Crippen molar-refractivity contribution in [2.24, 2.45) is 0 Å². The summed E-state index contributed by atoms with van der Waals surface area (Å²) in [4.78, 5) is 9.76. The van der Waals surface area contributed by atoms with Gasteiger partial charge in [-0.2, -0.15) is 0 Å². The summed E-state index contributed by atoms with van der Waals surface area (Å²) in [6.45, 7) is 3.11. The zero-order chi connectivity index (χ0) is 9.78. The van der Waals surface area contributed by atoms with Gasteiger partial charge in [-0.25, -0.2) is 0 Å². The lowest BCUT2D eigenvalue weighted by atomic mass is 10.1. The van der Waals surface area contributed by atoms with Gasteiger partial charge in [-0.15, -0.1) is 0 Å². The number of hydrogen-bond acceptors (Lipinski definition) is 2. The number of allylic oxidation sites excluding steroid dienone is 1. The lowest BCUT2D eigenvalue weighted by Crippen LogP contribution is -1.85. The maximum atomic E-state index is 9.76. The van der Waals surface area contributed by atoms with Crippen LogP contribution in [0.1, 0.15) is 45.4 Å². The summed E-state index contributed by atoms with van der Waals surface area (Å²) in [6, 6.07) is 0. The van der Waals surface area contributed by atoms with Crippen molar-refractivity contribution < 1.29 is 9.53 Å². The Hall–Kier alpha value is -0.790. The molecule has 0 aliphatic carbocycles. The fourth-order valence-electron chi connectivity index (χ4n) is 1.15. The van der Waals surface area contributed by atoms with E-state index in [9.17, 15) is 4.79 Å². The van der Waals surface area contributed by atoms with Gasteiger partial charge >= 0.3 is 0 Å². The Morgan fingerprint density at radius 2 is 1.85 bits per heavy atom. The van der Waals surface area contributed by atoms with Crippen molar-refractivity contribution in [3.05, 3.63) is 12.2 Å². The number of carbonyl (C=O) groups is 1. The van der Waals surface area contributed by atoms with Gasteiger partial charge in [0.05, 0.1) is 0 Å². The Bertz CT molecular complexity index is 130. The van der Waals surface area contributed by atoms with Crippen LogP contribution in [0.25, 0.3) is 0 Å². The molecule has 2 heteroatoms. The van der Waals surface area contributed by atoms with Crippen LogP contribution < -0.4 is 0 Å². The van der Waals surface area contributed by atoms with E-state index in [1.165, 1.54) is 32.1 Å². The van der Waals surface area contributed by atoms with E-state index in [-0.39, 0.29) is 0 Å². The highest BCUT2D eigenvalue weighted by Gasteiger charge is 1.86. The van der Waals surface area contributed by atoms with Crippen molar-refractivity contribution in [2.45, 2.75) is 45.4 Å². The zero-order valence-electron chi connectivity index (χ0n) is 8.50. The molecule has 0 saturated carbocycles. The first kappa shape index (κ1) is 12.2. The predicted molar refractivity (Wildman–Crippen MR) is 54.5 cm³/mol. The van der Waals surface area contributed by atoms with Gasteiger partial charge in [0, 0.05) is 0 Å². The fraction of sp³-hybridized carbons (Fsp3) is 0.727. The van der Waals surface area contributed by atoms with Crippen LogP contribution in [0.2, 0.25) is 0 Å². The Kier molecular flexibility index (Phi) is 10.5. The van der Waals surface area contributed by atoms with Gasteiger partial charge in [0.25, 0.3) is 6.47 Å². The second-order valence-corrected chi connectivity index (χ2v) is 3.10. The van der Waals surface area contributed by atoms with Crippen LogP contribution in [0.4, 0.5) is 0 Å². The largest absolute Gasteiger partial charge is 0.464 e. The van der Waals surface area contributed by atoms with E-state index < -0.39 is 0 Å². The van der Waals surface area contributed by atoms with Crippen molar-refractivity contribution >= 4 is 6.47 Å². The number of carbonyl (C=O) groups excluding carboxylic acids is 1. The van der Waals surface area contributed by atoms with Crippen molar-refractivity contribution in [1.82, 2.24) is 0 Å². The molecule has 13 heavy (non-hydrogen) atoms. The molecule has 0 unspecified atom stereocenters. The third kappa shape index (κ3) is 11.2. The van der Waals surface area contributed by atoms with E-state index in [1.807, 2.05) is 6.08 Å². The first-order valence-corrected chi connectivity index (χ1v) is 5.12. The van der Waals surface area contributed by atoms with Gasteiger partial charge in [-0.1, -0.05) is 44.8 Å². The second-order valence-electron chi connectivity index (χ2n) is 3.10. The molecule has 0 aromatic carbocycles. The maximum Gasteiger partial charge on any atom is 0.293 e. The normalized spacial score (nSPS) is 10.5. The number of hydrogen-bond donors (Lipinski definition) is 0. The standard InChI is InChI=1S/C11H20O2/c1-2-3-4-5-6-7-8-9-10-13-11-12/h8-9,11H,2-7,10H2,1H3/b9-8+. The number of rotatable bonds is 9. The molecule has 0 rings (SSSR count). The Morgan fingerprint density at radius 3 is 2.54 bits per heavy atom. The highest BCUT2D eigenvalue weighted by atomic mass is 16.5. The second kappa shape index (κ2) is 11.2. The van der Waals surface area contributed by atoms with Crippen molar-refractivity contribution in [3.8, 4) is 0 Å². The van der Waals surface area contributed by atoms with Crippen molar-refractivity contribution in [1.29, 1.82) is 0 Å². The van der Waals surface area contributed by atoms with Gasteiger partial charge in [0.2, 0.25) is 0 Å². The third-order valence-corrected chi connectivity index (χ3v) is 1.90.